The minimum absolute atomic E-state index is 0.716. The van der Waals surface area contributed by atoms with Crippen LogP contribution in [0.5, 0.6) is 17.2 Å². The number of rotatable bonds is 8. The number of methoxy groups -OCH3 is 1. The summed E-state index contributed by atoms with van der Waals surface area (Å²) in [5, 5.41) is 7.01. The molecule has 7 rings (SSSR count). The van der Waals surface area contributed by atoms with E-state index in [1.54, 1.807) is 13.3 Å². The number of aromatic nitrogens is 4. The van der Waals surface area contributed by atoms with Gasteiger partial charge in [0.05, 0.1) is 30.0 Å². The molecule has 0 N–H and O–H groups in total. The highest BCUT2D eigenvalue weighted by Gasteiger charge is 2.17. The van der Waals surface area contributed by atoms with Gasteiger partial charge in [-0.2, -0.15) is 5.10 Å². The number of fused-ring (bicyclic) bond motifs is 3. The van der Waals surface area contributed by atoms with Gasteiger partial charge in [-0.05, 0) is 48.5 Å². The first-order chi connectivity index (χ1) is 21.9. The molecule has 0 aliphatic rings. The highest BCUT2D eigenvalue weighted by Crippen LogP contribution is 2.39. The topological polar surface area (TPSA) is 60.6 Å². The highest BCUT2D eigenvalue weighted by atomic mass is 16.5. The SMILES string of the molecule is COc1ccnc(-n2c3ccccc3c3ccc(Oc4cccc(-n5cc(-c6c(N(C)C)cccc6N(C)C)cn5)c4)cc32)c1. The summed E-state index contributed by atoms with van der Waals surface area (Å²) in [4.78, 5) is 8.94. The second-order valence-corrected chi connectivity index (χ2v) is 11.3. The molecular formula is C37H34N6O2. The lowest BCUT2D eigenvalue weighted by atomic mass is 10.0. The van der Waals surface area contributed by atoms with Gasteiger partial charge in [-0.15, -0.1) is 0 Å². The van der Waals surface area contributed by atoms with Gasteiger partial charge in [0.25, 0.3) is 0 Å². The van der Waals surface area contributed by atoms with Gasteiger partial charge in [0, 0.05) is 92.1 Å². The van der Waals surface area contributed by atoms with Crippen molar-refractivity contribution >= 4 is 33.2 Å². The van der Waals surface area contributed by atoms with Gasteiger partial charge in [0.2, 0.25) is 0 Å². The van der Waals surface area contributed by atoms with E-state index >= 15 is 0 Å². The Hall–Kier alpha value is -5.76. The van der Waals surface area contributed by atoms with Crippen molar-refractivity contribution in [3.8, 4) is 39.9 Å². The third kappa shape index (κ3) is 5.10. The molecule has 0 saturated carbocycles. The number of pyridine rings is 1. The number of ether oxygens (including phenoxy) is 2. The van der Waals surface area contributed by atoms with Crippen LogP contribution in [0, 0.1) is 0 Å². The molecular weight excluding hydrogens is 560 g/mol. The Morgan fingerprint density at radius 3 is 2.18 bits per heavy atom. The number of nitrogens with zero attached hydrogens (tertiary/aromatic N) is 6. The molecule has 45 heavy (non-hydrogen) atoms. The van der Waals surface area contributed by atoms with Crippen molar-refractivity contribution in [3.05, 3.63) is 116 Å². The molecule has 0 saturated heterocycles. The Morgan fingerprint density at radius 1 is 0.667 bits per heavy atom. The van der Waals surface area contributed by atoms with Crippen LogP contribution in [-0.2, 0) is 0 Å². The fourth-order valence-corrected chi connectivity index (χ4v) is 5.90. The Bertz CT molecular complexity index is 2130. The maximum atomic E-state index is 6.46. The molecule has 0 spiro atoms. The van der Waals surface area contributed by atoms with Crippen LogP contribution < -0.4 is 19.3 Å². The molecule has 0 amide bonds. The van der Waals surface area contributed by atoms with Crippen LogP contribution in [0.2, 0.25) is 0 Å². The third-order valence-corrected chi connectivity index (χ3v) is 8.00. The van der Waals surface area contributed by atoms with Gasteiger partial charge in [-0.25, -0.2) is 9.67 Å². The van der Waals surface area contributed by atoms with Crippen LogP contribution >= 0.6 is 0 Å². The van der Waals surface area contributed by atoms with Crippen molar-refractivity contribution in [3.63, 3.8) is 0 Å². The van der Waals surface area contributed by atoms with E-state index < -0.39 is 0 Å². The molecule has 224 valence electrons. The summed E-state index contributed by atoms with van der Waals surface area (Å²) >= 11 is 0. The maximum Gasteiger partial charge on any atom is 0.141 e. The number of para-hydroxylation sites is 1. The summed E-state index contributed by atoms with van der Waals surface area (Å²) in [6.07, 6.45) is 5.75. The van der Waals surface area contributed by atoms with E-state index in [2.05, 4.69) is 102 Å². The summed E-state index contributed by atoms with van der Waals surface area (Å²) in [6.45, 7) is 0. The predicted molar refractivity (Wildman–Crippen MR) is 183 cm³/mol. The standard InChI is InChI=1S/C37H34N6O2/c1-40(2)33-14-9-15-34(41(3)4)37(33)25-23-39-42(24-25)26-10-8-11-28(20-26)45-29-16-17-31-30-12-6-7-13-32(30)43(35(31)21-29)36-22-27(44-5)18-19-38-36/h6-24H,1-5H3. The Labute approximate surface area is 262 Å². The first-order valence-electron chi connectivity index (χ1n) is 14.8. The number of hydrogen-bond donors (Lipinski definition) is 0. The lowest BCUT2D eigenvalue weighted by molar-refractivity contribution is 0.414. The first kappa shape index (κ1) is 28.0. The average molecular weight is 595 g/mol. The fourth-order valence-electron chi connectivity index (χ4n) is 5.90. The summed E-state index contributed by atoms with van der Waals surface area (Å²) in [6, 6.07) is 32.7. The summed E-state index contributed by atoms with van der Waals surface area (Å²) in [5.41, 5.74) is 7.42. The monoisotopic (exact) mass is 594 g/mol. The number of benzene rings is 4. The molecule has 0 aliphatic heterocycles. The lowest BCUT2D eigenvalue weighted by Crippen LogP contribution is -2.14. The zero-order valence-electron chi connectivity index (χ0n) is 26.0. The zero-order valence-corrected chi connectivity index (χ0v) is 26.0. The van der Waals surface area contributed by atoms with Crippen LogP contribution in [0.3, 0.4) is 0 Å². The molecule has 0 aliphatic carbocycles. The molecule has 8 heteroatoms. The summed E-state index contributed by atoms with van der Waals surface area (Å²) < 4.78 is 16.0. The lowest BCUT2D eigenvalue weighted by Gasteiger charge is -2.23. The van der Waals surface area contributed by atoms with Crippen LogP contribution in [0.25, 0.3) is 44.4 Å². The normalized spacial score (nSPS) is 11.2. The van der Waals surface area contributed by atoms with E-state index in [0.29, 0.717) is 5.75 Å². The smallest absolute Gasteiger partial charge is 0.141 e. The van der Waals surface area contributed by atoms with Gasteiger partial charge in [-0.3, -0.25) is 4.57 Å². The van der Waals surface area contributed by atoms with Crippen LogP contribution in [0.4, 0.5) is 11.4 Å². The second kappa shape index (κ2) is 11.4. The molecule has 0 unspecified atom stereocenters. The van der Waals surface area contributed by atoms with Gasteiger partial charge in [0.15, 0.2) is 0 Å². The van der Waals surface area contributed by atoms with Gasteiger partial charge >= 0.3 is 0 Å². The predicted octanol–water partition coefficient (Wildman–Crippen LogP) is 7.96. The van der Waals surface area contributed by atoms with Crippen LogP contribution in [0.15, 0.2) is 116 Å². The van der Waals surface area contributed by atoms with Crippen LogP contribution in [-0.4, -0.2) is 54.6 Å². The summed E-state index contributed by atoms with van der Waals surface area (Å²) in [7, 11) is 9.92. The maximum absolute atomic E-state index is 6.46. The molecule has 0 radical (unpaired) electrons. The largest absolute Gasteiger partial charge is 0.497 e. The van der Waals surface area contributed by atoms with Crippen molar-refractivity contribution in [1.29, 1.82) is 0 Å². The van der Waals surface area contributed by atoms with Gasteiger partial charge < -0.3 is 19.3 Å². The van der Waals surface area contributed by atoms with Crippen molar-refractivity contribution in [2.24, 2.45) is 0 Å². The Balaban J connectivity index is 1.25. The van der Waals surface area contributed by atoms with Crippen LogP contribution in [0.1, 0.15) is 0 Å². The Morgan fingerprint density at radius 2 is 1.40 bits per heavy atom. The van der Waals surface area contributed by atoms with E-state index in [4.69, 9.17) is 14.6 Å². The molecule has 3 aromatic heterocycles. The molecule has 0 bridgehead atoms. The van der Waals surface area contributed by atoms with E-state index in [1.165, 1.54) is 0 Å². The van der Waals surface area contributed by atoms with Gasteiger partial charge in [0.1, 0.15) is 23.1 Å². The molecule has 0 fully saturated rings. The van der Waals surface area contributed by atoms with Crippen molar-refractivity contribution in [2.75, 3.05) is 45.1 Å². The summed E-state index contributed by atoms with van der Waals surface area (Å²) in [5.74, 6) is 2.97. The van der Waals surface area contributed by atoms with Crippen molar-refractivity contribution < 1.29 is 9.47 Å². The van der Waals surface area contributed by atoms with E-state index in [0.717, 1.165) is 67.3 Å². The van der Waals surface area contributed by atoms with Crippen molar-refractivity contribution in [2.45, 2.75) is 0 Å². The van der Waals surface area contributed by atoms with E-state index in [1.807, 2.05) is 59.4 Å². The Kier molecular flexibility index (Phi) is 7.10. The second-order valence-electron chi connectivity index (χ2n) is 11.3. The van der Waals surface area contributed by atoms with E-state index in [9.17, 15) is 0 Å². The zero-order chi connectivity index (χ0) is 31.1. The minimum atomic E-state index is 0.716. The first-order valence-corrected chi connectivity index (χ1v) is 14.8. The number of hydrogen-bond acceptors (Lipinski definition) is 6. The third-order valence-electron chi connectivity index (χ3n) is 8.00. The van der Waals surface area contributed by atoms with Crippen molar-refractivity contribution in [1.82, 2.24) is 19.3 Å². The molecule has 3 heterocycles. The molecule has 4 aromatic carbocycles. The molecule has 8 nitrogen and oxygen atoms in total. The fraction of sp³-hybridized carbons (Fsp3) is 0.135. The highest BCUT2D eigenvalue weighted by molar-refractivity contribution is 6.09. The van der Waals surface area contributed by atoms with Gasteiger partial charge in [-0.1, -0.05) is 30.3 Å². The van der Waals surface area contributed by atoms with E-state index in [-0.39, 0.29) is 0 Å². The quantitative estimate of drug-likeness (QED) is 0.178. The minimum Gasteiger partial charge on any atom is -0.497 e. The molecule has 0 atom stereocenters. The molecule has 7 aromatic rings. The average Bonchev–Trinajstić information content (AvgIpc) is 3.68. The number of anilines is 2.